The zero-order valence-corrected chi connectivity index (χ0v) is 16.3. The Balaban J connectivity index is 0.000000516. The van der Waals surface area contributed by atoms with Gasteiger partial charge < -0.3 is 10.2 Å². The van der Waals surface area contributed by atoms with Crippen molar-refractivity contribution in [2.75, 3.05) is 0 Å². The van der Waals surface area contributed by atoms with Crippen molar-refractivity contribution >= 4 is 34.9 Å². The summed E-state index contributed by atoms with van der Waals surface area (Å²) < 4.78 is 1.82. The summed E-state index contributed by atoms with van der Waals surface area (Å²) in [6.45, 7) is 1.20. The molecule has 144 valence electrons. The summed E-state index contributed by atoms with van der Waals surface area (Å²) >= 11 is 12.6. The van der Waals surface area contributed by atoms with Crippen LogP contribution in [0.4, 0.5) is 0 Å². The molecular weight excluding hydrogens is 403 g/mol. The van der Waals surface area contributed by atoms with Crippen LogP contribution in [0.15, 0.2) is 47.5 Å². The van der Waals surface area contributed by atoms with Crippen molar-refractivity contribution < 1.29 is 15.0 Å². The molecule has 7 nitrogen and oxygen atoms in total. The fraction of sp³-hybridized carbons (Fsp3) is 0.158. The van der Waals surface area contributed by atoms with E-state index in [2.05, 4.69) is 10.2 Å². The molecule has 3 aromatic rings. The average Bonchev–Trinajstić information content (AvgIpc) is 2.99. The second-order valence-corrected chi connectivity index (χ2v) is 6.69. The van der Waals surface area contributed by atoms with Crippen LogP contribution < -0.4 is 0 Å². The van der Waals surface area contributed by atoms with E-state index in [1.54, 1.807) is 6.07 Å². The highest BCUT2D eigenvalue weighted by molar-refractivity contribution is 6.36. The maximum Gasteiger partial charge on any atom is 0.300 e. The van der Waals surface area contributed by atoms with Crippen molar-refractivity contribution in [3.8, 4) is 5.69 Å². The number of hydrogen-bond donors (Lipinski definition) is 2. The number of carboxylic acid groups (broad SMARTS) is 1. The molecule has 0 amide bonds. The van der Waals surface area contributed by atoms with Gasteiger partial charge in [0, 0.05) is 28.1 Å². The second-order valence-electron chi connectivity index (χ2n) is 5.85. The van der Waals surface area contributed by atoms with Gasteiger partial charge in [-0.3, -0.25) is 14.4 Å². The number of rotatable bonds is 2. The Morgan fingerprint density at radius 2 is 1.86 bits per heavy atom. The van der Waals surface area contributed by atoms with Crippen molar-refractivity contribution in [1.29, 1.82) is 0 Å². The number of hydrogen-bond acceptors (Lipinski definition) is 5. The molecule has 0 saturated carbocycles. The van der Waals surface area contributed by atoms with Crippen molar-refractivity contribution in [3.05, 3.63) is 75.3 Å². The van der Waals surface area contributed by atoms with Crippen LogP contribution in [0.3, 0.4) is 0 Å². The van der Waals surface area contributed by atoms with Crippen molar-refractivity contribution in [2.45, 2.75) is 20.1 Å². The lowest BCUT2D eigenvalue weighted by atomic mass is 10.0. The maximum atomic E-state index is 9.57. The molecule has 1 aliphatic rings. The Morgan fingerprint density at radius 3 is 2.54 bits per heavy atom. The number of carboxylic acids is 1. The molecule has 0 aliphatic carbocycles. The van der Waals surface area contributed by atoms with E-state index in [-0.39, 0.29) is 6.61 Å². The van der Waals surface area contributed by atoms with E-state index in [1.807, 2.05) is 41.0 Å². The summed E-state index contributed by atoms with van der Waals surface area (Å²) in [7, 11) is 0. The molecule has 0 fully saturated rings. The van der Waals surface area contributed by atoms with Gasteiger partial charge in [0.25, 0.3) is 5.97 Å². The van der Waals surface area contributed by atoms with Gasteiger partial charge >= 0.3 is 0 Å². The SMILES string of the molecule is CC(=O)O.OCc1nnc2n1-c1ccc(Cl)cc1C(c1ccccc1Cl)=NC2. The minimum Gasteiger partial charge on any atom is -0.481 e. The molecule has 0 bridgehead atoms. The van der Waals surface area contributed by atoms with Gasteiger partial charge in [-0.25, -0.2) is 0 Å². The Bertz CT molecular complexity index is 1060. The zero-order chi connectivity index (χ0) is 20.3. The molecule has 28 heavy (non-hydrogen) atoms. The molecule has 0 radical (unpaired) electrons. The van der Waals surface area contributed by atoms with Crippen LogP contribution in [0, 0.1) is 0 Å². The summed E-state index contributed by atoms with van der Waals surface area (Å²) in [4.78, 5) is 13.7. The van der Waals surface area contributed by atoms with Gasteiger partial charge in [0.05, 0.1) is 11.4 Å². The largest absolute Gasteiger partial charge is 0.481 e. The third-order valence-electron chi connectivity index (χ3n) is 3.90. The fourth-order valence-corrected chi connectivity index (χ4v) is 3.25. The molecule has 0 saturated heterocycles. The van der Waals surface area contributed by atoms with E-state index >= 15 is 0 Å². The van der Waals surface area contributed by atoms with E-state index in [0.29, 0.717) is 28.2 Å². The first-order valence-corrected chi connectivity index (χ1v) is 9.01. The molecule has 2 heterocycles. The highest BCUT2D eigenvalue weighted by atomic mass is 35.5. The highest BCUT2D eigenvalue weighted by Gasteiger charge is 2.23. The van der Waals surface area contributed by atoms with E-state index in [1.165, 1.54) is 0 Å². The third kappa shape index (κ3) is 4.06. The van der Waals surface area contributed by atoms with Gasteiger partial charge in [0.15, 0.2) is 11.6 Å². The minimum atomic E-state index is -0.833. The quantitative estimate of drug-likeness (QED) is 0.662. The molecule has 0 spiro atoms. The third-order valence-corrected chi connectivity index (χ3v) is 4.47. The lowest BCUT2D eigenvalue weighted by Gasteiger charge is -2.14. The van der Waals surface area contributed by atoms with Crippen molar-refractivity contribution in [3.63, 3.8) is 0 Å². The number of aliphatic imine (C=N–C) groups is 1. The molecular formula is C19H16Cl2N4O3. The summed E-state index contributed by atoms with van der Waals surface area (Å²) in [5.74, 6) is 0.286. The van der Waals surface area contributed by atoms with Crippen LogP contribution in [0.5, 0.6) is 0 Å². The second kappa shape index (κ2) is 8.52. The molecule has 1 aliphatic heterocycles. The number of carbonyl (C=O) groups is 1. The summed E-state index contributed by atoms with van der Waals surface area (Å²) in [6, 6.07) is 13.1. The molecule has 2 N–H and O–H groups in total. The number of aromatic nitrogens is 3. The zero-order valence-electron chi connectivity index (χ0n) is 14.8. The Kier molecular flexibility index (Phi) is 6.08. The van der Waals surface area contributed by atoms with Gasteiger partial charge in [-0.15, -0.1) is 10.2 Å². The van der Waals surface area contributed by atoms with Crippen LogP contribution in [-0.4, -0.2) is 36.7 Å². The molecule has 4 rings (SSSR count). The van der Waals surface area contributed by atoms with Crippen LogP contribution in [0.25, 0.3) is 5.69 Å². The lowest BCUT2D eigenvalue weighted by molar-refractivity contribution is -0.134. The van der Waals surface area contributed by atoms with Crippen LogP contribution in [0.2, 0.25) is 10.0 Å². The summed E-state index contributed by atoms with van der Waals surface area (Å²) in [5.41, 5.74) is 3.21. The average molecular weight is 419 g/mol. The van der Waals surface area contributed by atoms with Gasteiger partial charge in [-0.2, -0.15) is 0 Å². The number of nitrogens with zero attached hydrogens (tertiary/aromatic N) is 4. The number of halogens is 2. The Morgan fingerprint density at radius 1 is 1.14 bits per heavy atom. The highest BCUT2D eigenvalue weighted by Crippen LogP contribution is 2.30. The Labute approximate surface area is 170 Å². The fourth-order valence-electron chi connectivity index (χ4n) is 2.85. The molecule has 9 heteroatoms. The van der Waals surface area contributed by atoms with Crippen molar-refractivity contribution in [2.24, 2.45) is 4.99 Å². The molecule has 0 unspecified atom stereocenters. The topological polar surface area (TPSA) is 101 Å². The first kappa shape index (κ1) is 20.0. The van der Waals surface area contributed by atoms with E-state index < -0.39 is 5.97 Å². The van der Waals surface area contributed by atoms with E-state index in [4.69, 9.17) is 38.1 Å². The number of benzene rings is 2. The smallest absolute Gasteiger partial charge is 0.300 e. The number of aliphatic hydroxyl groups excluding tert-OH is 1. The monoisotopic (exact) mass is 418 g/mol. The van der Waals surface area contributed by atoms with Gasteiger partial charge in [-0.1, -0.05) is 41.4 Å². The maximum absolute atomic E-state index is 9.57. The minimum absolute atomic E-state index is 0.212. The van der Waals surface area contributed by atoms with Gasteiger partial charge in [0.1, 0.15) is 13.2 Å². The summed E-state index contributed by atoms with van der Waals surface area (Å²) in [6.07, 6.45) is 0. The predicted molar refractivity (Wildman–Crippen MR) is 106 cm³/mol. The molecule has 1 aromatic heterocycles. The molecule has 2 aromatic carbocycles. The standard InChI is InChI=1S/C17H12Cl2N4O.C2H4O2/c18-10-5-6-14-12(7-10)17(11-3-1-2-4-13(11)19)20-8-15-21-22-16(9-24)23(14)15;1-2(3)4/h1-7,24H,8-9H2;1H3,(H,3,4). The number of fused-ring (bicyclic) bond motifs is 3. The van der Waals surface area contributed by atoms with Crippen molar-refractivity contribution in [1.82, 2.24) is 14.8 Å². The van der Waals surface area contributed by atoms with Crippen LogP contribution in [-0.2, 0) is 17.9 Å². The van der Waals surface area contributed by atoms with E-state index in [9.17, 15) is 5.11 Å². The number of aliphatic carboxylic acids is 1. The van der Waals surface area contributed by atoms with Crippen LogP contribution >= 0.6 is 23.2 Å². The first-order valence-electron chi connectivity index (χ1n) is 8.25. The molecule has 0 atom stereocenters. The first-order chi connectivity index (χ1) is 13.4. The van der Waals surface area contributed by atoms with Crippen LogP contribution in [0.1, 0.15) is 29.7 Å². The normalized spacial score (nSPS) is 12.1. The van der Waals surface area contributed by atoms with Gasteiger partial charge in [-0.05, 0) is 24.3 Å². The predicted octanol–water partition coefficient (Wildman–Crippen LogP) is 3.51. The summed E-state index contributed by atoms with van der Waals surface area (Å²) in [5, 5.41) is 26.4. The van der Waals surface area contributed by atoms with E-state index in [0.717, 1.165) is 29.4 Å². The lowest BCUT2D eigenvalue weighted by Crippen LogP contribution is -2.10. The van der Waals surface area contributed by atoms with Gasteiger partial charge in [0.2, 0.25) is 0 Å². The Hall–Kier alpha value is -2.74. The number of aliphatic hydroxyl groups is 1.